The summed E-state index contributed by atoms with van der Waals surface area (Å²) in [5.41, 5.74) is 0.0345. The molecule has 3 rings (SSSR count). The van der Waals surface area contributed by atoms with E-state index < -0.39 is 12.5 Å². The topological polar surface area (TPSA) is 64.1 Å². The van der Waals surface area contributed by atoms with Crippen LogP contribution in [0.2, 0.25) is 0 Å². The van der Waals surface area contributed by atoms with Crippen LogP contribution in [0.15, 0.2) is 24.3 Å². The van der Waals surface area contributed by atoms with Crippen LogP contribution in [0.1, 0.15) is 53.4 Å². The van der Waals surface area contributed by atoms with Gasteiger partial charge in [0, 0.05) is 5.92 Å². The number of rotatable bonds is 5. The standard InChI is InChI=1S/C16H17F2N3O2S/c17-15(18)23-12-9-5-4-8-11(12)13(22)19-16-21-20-14(24-16)10-6-2-1-3-7-10/h4-5,8-10,15H,1-3,6-7H2,(H,19,21,22). The van der Waals surface area contributed by atoms with E-state index in [-0.39, 0.29) is 11.3 Å². The number of carbonyl (C=O) groups excluding carboxylic acids is 1. The molecular weight excluding hydrogens is 336 g/mol. The first kappa shape index (κ1) is 16.8. The maximum atomic E-state index is 12.4. The molecule has 1 N–H and O–H groups in total. The Balaban J connectivity index is 1.70. The molecule has 0 saturated heterocycles. The monoisotopic (exact) mass is 353 g/mol. The number of ether oxygens (including phenoxy) is 1. The molecule has 0 unspecified atom stereocenters. The van der Waals surface area contributed by atoms with Gasteiger partial charge in [-0.2, -0.15) is 8.78 Å². The van der Waals surface area contributed by atoms with E-state index in [1.807, 2.05) is 0 Å². The van der Waals surface area contributed by atoms with E-state index in [2.05, 4.69) is 20.3 Å². The molecule has 0 spiro atoms. The number of nitrogens with one attached hydrogen (secondary N) is 1. The van der Waals surface area contributed by atoms with Gasteiger partial charge in [0.1, 0.15) is 10.8 Å². The molecule has 0 radical (unpaired) electrons. The van der Waals surface area contributed by atoms with Crippen LogP contribution in [0.25, 0.3) is 0 Å². The first-order chi connectivity index (χ1) is 11.6. The highest BCUT2D eigenvalue weighted by Gasteiger charge is 2.21. The summed E-state index contributed by atoms with van der Waals surface area (Å²) in [6, 6.07) is 5.87. The Hall–Kier alpha value is -2.09. The van der Waals surface area contributed by atoms with E-state index in [1.54, 1.807) is 6.07 Å². The summed E-state index contributed by atoms with van der Waals surface area (Å²) in [7, 11) is 0. The lowest BCUT2D eigenvalue weighted by atomic mass is 9.90. The first-order valence-corrected chi connectivity index (χ1v) is 8.63. The third kappa shape index (κ3) is 4.05. The molecular formula is C16H17F2N3O2S. The Morgan fingerprint density at radius 3 is 2.71 bits per heavy atom. The largest absolute Gasteiger partial charge is 0.434 e. The van der Waals surface area contributed by atoms with Crippen LogP contribution in [0, 0.1) is 0 Å². The molecule has 0 atom stereocenters. The third-order valence-electron chi connectivity index (χ3n) is 3.96. The van der Waals surface area contributed by atoms with Crippen molar-refractivity contribution in [2.45, 2.75) is 44.6 Å². The minimum absolute atomic E-state index is 0.0345. The van der Waals surface area contributed by atoms with Crippen molar-refractivity contribution in [3.8, 4) is 5.75 Å². The second kappa shape index (κ2) is 7.65. The highest BCUT2D eigenvalue weighted by Crippen LogP contribution is 2.35. The summed E-state index contributed by atoms with van der Waals surface area (Å²) in [5, 5.41) is 12.1. The highest BCUT2D eigenvalue weighted by atomic mass is 32.1. The number of carbonyl (C=O) groups is 1. The zero-order valence-corrected chi connectivity index (χ0v) is 13.7. The highest BCUT2D eigenvalue weighted by molar-refractivity contribution is 7.15. The van der Waals surface area contributed by atoms with Crippen LogP contribution in [0.5, 0.6) is 5.75 Å². The van der Waals surface area contributed by atoms with Crippen LogP contribution in [0.4, 0.5) is 13.9 Å². The quantitative estimate of drug-likeness (QED) is 0.863. The van der Waals surface area contributed by atoms with Crippen LogP contribution >= 0.6 is 11.3 Å². The van der Waals surface area contributed by atoms with E-state index in [0.29, 0.717) is 11.0 Å². The lowest BCUT2D eigenvalue weighted by molar-refractivity contribution is -0.0501. The second-order valence-corrected chi connectivity index (χ2v) is 6.62. The van der Waals surface area contributed by atoms with Crippen molar-refractivity contribution >= 4 is 22.4 Å². The minimum atomic E-state index is -2.99. The van der Waals surface area contributed by atoms with Crippen molar-refractivity contribution in [2.75, 3.05) is 5.32 Å². The Bertz CT molecular complexity index is 702. The number of alkyl halides is 2. The number of nitrogens with zero attached hydrogens (tertiary/aromatic N) is 2. The summed E-state index contributed by atoms with van der Waals surface area (Å²) in [5.74, 6) is -0.309. The zero-order valence-electron chi connectivity index (χ0n) is 12.9. The van der Waals surface area contributed by atoms with Crippen molar-refractivity contribution < 1.29 is 18.3 Å². The van der Waals surface area contributed by atoms with Gasteiger partial charge in [-0.15, -0.1) is 10.2 Å². The fourth-order valence-electron chi connectivity index (χ4n) is 2.82. The van der Waals surface area contributed by atoms with Gasteiger partial charge in [0.25, 0.3) is 5.91 Å². The normalized spacial score (nSPS) is 15.5. The lowest BCUT2D eigenvalue weighted by Crippen LogP contribution is -2.14. The summed E-state index contributed by atoms with van der Waals surface area (Å²) in [6.07, 6.45) is 5.80. The van der Waals surface area contributed by atoms with Crippen molar-refractivity contribution in [1.82, 2.24) is 10.2 Å². The van der Waals surface area contributed by atoms with Gasteiger partial charge in [-0.25, -0.2) is 0 Å². The van der Waals surface area contributed by atoms with Crippen LogP contribution in [-0.4, -0.2) is 22.7 Å². The molecule has 24 heavy (non-hydrogen) atoms. The molecule has 128 valence electrons. The van der Waals surface area contributed by atoms with Gasteiger partial charge in [0.15, 0.2) is 0 Å². The zero-order chi connectivity index (χ0) is 16.9. The number of hydrogen-bond acceptors (Lipinski definition) is 5. The van der Waals surface area contributed by atoms with Gasteiger partial charge in [-0.3, -0.25) is 10.1 Å². The molecule has 0 aliphatic heterocycles. The van der Waals surface area contributed by atoms with E-state index >= 15 is 0 Å². The minimum Gasteiger partial charge on any atom is -0.434 e. The molecule has 5 nitrogen and oxygen atoms in total. The van der Waals surface area contributed by atoms with Gasteiger partial charge >= 0.3 is 6.61 Å². The Morgan fingerprint density at radius 1 is 1.21 bits per heavy atom. The Labute approximate surface area is 142 Å². The molecule has 1 aromatic heterocycles. The van der Waals surface area contributed by atoms with Crippen LogP contribution in [-0.2, 0) is 0 Å². The molecule has 1 aliphatic rings. The average Bonchev–Trinajstić information content (AvgIpc) is 3.04. The van der Waals surface area contributed by atoms with E-state index in [4.69, 9.17) is 0 Å². The fraction of sp³-hybridized carbons (Fsp3) is 0.438. The van der Waals surface area contributed by atoms with Crippen molar-refractivity contribution in [3.63, 3.8) is 0 Å². The predicted octanol–water partition coefficient (Wildman–Crippen LogP) is 4.44. The van der Waals surface area contributed by atoms with Gasteiger partial charge < -0.3 is 4.74 Å². The molecule has 8 heteroatoms. The lowest BCUT2D eigenvalue weighted by Gasteiger charge is -2.18. The molecule has 1 amide bonds. The SMILES string of the molecule is O=C(Nc1nnc(C2CCCCC2)s1)c1ccccc1OC(F)F. The second-order valence-electron chi connectivity index (χ2n) is 5.61. The van der Waals surface area contributed by atoms with Crippen LogP contribution in [0.3, 0.4) is 0 Å². The first-order valence-electron chi connectivity index (χ1n) is 7.82. The van der Waals surface area contributed by atoms with Crippen LogP contribution < -0.4 is 10.1 Å². The number of amides is 1. The average molecular weight is 353 g/mol. The summed E-state index contributed by atoms with van der Waals surface area (Å²) >= 11 is 1.34. The van der Waals surface area contributed by atoms with Gasteiger partial charge in [-0.05, 0) is 25.0 Å². The summed E-state index contributed by atoms with van der Waals surface area (Å²) in [6.45, 7) is -2.99. The number of benzene rings is 1. The molecule has 1 aliphatic carbocycles. The Kier molecular flexibility index (Phi) is 5.34. The van der Waals surface area contributed by atoms with Gasteiger partial charge in [0.05, 0.1) is 5.56 Å². The number of halogens is 2. The number of hydrogen-bond donors (Lipinski definition) is 1. The van der Waals surface area contributed by atoms with Crippen molar-refractivity contribution in [2.24, 2.45) is 0 Å². The van der Waals surface area contributed by atoms with Gasteiger partial charge in [-0.1, -0.05) is 42.7 Å². The third-order valence-corrected chi connectivity index (χ3v) is 4.96. The maximum absolute atomic E-state index is 12.4. The number of anilines is 1. The smallest absolute Gasteiger partial charge is 0.387 e. The van der Waals surface area contributed by atoms with Crippen molar-refractivity contribution in [1.29, 1.82) is 0 Å². The van der Waals surface area contributed by atoms with Gasteiger partial charge in [0.2, 0.25) is 5.13 Å². The summed E-state index contributed by atoms with van der Waals surface area (Å²) < 4.78 is 29.2. The molecule has 1 saturated carbocycles. The number of para-hydroxylation sites is 1. The van der Waals surface area contributed by atoms with E-state index in [1.165, 1.54) is 48.8 Å². The molecule has 2 aromatic rings. The number of aromatic nitrogens is 2. The molecule has 0 bridgehead atoms. The molecule has 1 heterocycles. The Morgan fingerprint density at radius 2 is 1.96 bits per heavy atom. The van der Waals surface area contributed by atoms with Crippen molar-refractivity contribution in [3.05, 3.63) is 34.8 Å². The molecule has 1 fully saturated rings. The molecule has 1 aromatic carbocycles. The fourth-order valence-corrected chi connectivity index (χ4v) is 3.72. The maximum Gasteiger partial charge on any atom is 0.387 e. The van der Waals surface area contributed by atoms with E-state index in [9.17, 15) is 13.6 Å². The van der Waals surface area contributed by atoms with E-state index in [0.717, 1.165) is 17.8 Å². The summed E-state index contributed by atoms with van der Waals surface area (Å²) in [4.78, 5) is 12.3. The predicted molar refractivity (Wildman–Crippen MR) is 86.8 cm³/mol.